The summed E-state index contributed by atoms with van der Waals surface area (Å²) >= 11 is 0. The SMILES string of the molecule is O=C(CCc1cc2ccccc2[nH]c1=O)Nc1ccc(N2CCCCC2)cc1. The molecule has 0 atom stereocenters. The van der Waals surface area contributed by atoms with Gasteiger partial charge in [-0.2, -0.15) is 0 Å². The summed E-state index contributed by atoms with van der Waals surface area (Å²) < 4.78 is 0. The number of amides is 1. The number of benzene rings is 2. The third-order valence-electron chi connectivity index (χ3n) is 5.32. The summed E-state index contributed by atoms with van der Waals surface area (Å²) in [4.78, 5) is 29.8. The number of carbonyl (C=O) groups excluding carboxylic acids is 1. The van der Waals surface area contributed by atoms with Gasteiger partial charge in [0.05, 0.1) is 0 Å². The lowest BCUT2D eigenvalue weighted by Crippen LogP contribution is -2.29. The molecule has 0 saturated carbocycles. The molecule has 0 radical (unpaired) electrons. The van der Waals surface area contributed by atoms with Crippen LogP contribution in [0.4, 0.5) is 11.4 Å². The smallest absolute Gasteiger partial charge is 0.251 e. The number of hydrogen-bond donors (Lipinski definition) is 2. The van der Waals surface area contributed by atoms with Crippen LogP contribution in [0.1, 0.15) is 31.2 Å². The van der Waals surface area contributed by atoms with Crippen LogP contribution >= 0.6 is 0 Å². The van der Waals surface area contributed by atoms with Gasteiger partial charge in [0.1, 0.15) is 0 Å². The van der Waals surface area contributed by atoms with Crippen LogP contribution in [-0.4, -0.2) is 24.0 Å². The Morgan fingerprint density at radius 1 is 1.00 bits per heavy atom. The number of nitrogens with zero attached hydrogens (tertiary/aromatic N) is 1. The molecular weight excluding hydrogens is 350 g/mol. The number of piperidine rings is 1. The number of nitrogens with one attached hydrogen (secondary N) is 2. The summed E-state index contributed by atoms with van der Waals surface area (Å²) in [5, 5.41) is 3.91. The number of fused-ring (bicyclic) bond motifs is 1. The van der Waals surface area contributed by atoms with Crippen LogP contribution in [0.15, 0.2) is 59.4 Å². The van der Waals surface area contributed by atoms with Gasteiger partial charge in [-0.1, -0.05) is 18.2 Å². The average molecular weight is 375 g/mol. The topological polar surface area (TPSA) is 65.2 Å². The Kier molecular flexibility index (Phi) is 5.42. The van der Waals surface area contributed by atoms with Crippen LogP contribution in [0.5, 0.6) is 0 Å². The van der Waals surface area contributed by atoms with Gasteiger partial charge in [-0.25, -0.2) is 0 Å². The lowest BCUT2D eigenvalue weighted by molar-refractivity contribution is -0.116. The molecule has 5 heteroatoms. The number of hydrogen-bond acceptors (Lipinski definition) is 3. The Morgan fingerprint density at radius 3 is 2.54 bits per heavy atom. The van der Waals surface area contributed by atoms with Crippen molar-refractivity contribution in [3.8, 4) is 0 Å². The molecule has 2 N–H and O–H groups in total. The number of anilines is 2. The minimum atomic E-state index is -0.127. The van der Waals surface area contributed by atoms with Crippen molar-refractivity contribution in [3.63, 3.8) is 0 Å². The summed E-state index contributed by atoms with van der Waals surface area (Å²) in [6.45, 7) is 2.21. The molecule has 0 unspecified atom stereocenters. The Hall–Kier alpha value is -3.08. The summed E-state index contributed by atoms with van der Waals surface area (Å²) in [7, 11) is 0. The first kappa shape index (κ1) is 18.3. The predicted octanol–water partition coefficient (Wildman–Crippen LogP) is 4.09. The molecule has 1 aliphatic heterocycles. The van der Waals surface area contributed by atoms with Crippen molar-refractivity contribution in [2.24, 2.45) is 0 Å². The number of pyridine rings is 1. The van der Waals surface area contributed by atoms with Gasteiger partial charge < -0.3 is 15.2 Å². The van der Waals surface area contributed by atoms with Crippen molar-refractivity contribution in [1.29, 1.82) is 0 Å². The summed E-state index contributed by atoms with van der Waals surface area (Å²) in [6.07, 6.45) is 4.48. The maximum absolute atomic E-state index is 12.3. The number of rotatable bonds is 5. The van der Waals surface area contributed by atoms with E-state index in [0.717, 1.165) is 29.7 Å². The van der Waals surface area contributed by atoms with Crippen LogP contribution in [0.2, 0.25) is 0 Å². The predicted molar refractivity (Wildman–Crippen MR) is 114 cm³/mol. The van der Waals surface area contributed by atoms with Crippen molar-refractivity contribution in [3.05, 3.63) is 70.5 Å². The van der Waals surface area contributed by atoms with E-state index in [4.69, 9.17) is 0 Å². The maximum atomic E-state index is 12.3. The minimum Gasteiger partial charge on any atom is -0.372 e. The van der Waals surface area contributed by atoms with Crippen molar-refractivity contribution >= 4 is 28.2 Å². The van der Waals surface area contributed by atoms with Gasteiger partial charge >= 0.3 is 0 Å². The molecule has 1 amide bonds. The van der Waals surface area contributed by atoms with E-state index in [-0.39, 0.29) is 17.9 Å². The number of aromatic nitrogens is 1. The fourth-order valence-electron chi connectivity index (χ4n) is 3.76. The van der Waals surface area contributed by atoms with E-state index in [2.05, 4.69) is 27.3 Å². The molecule has 2 heterocycles. The van der Waals surface area contributed by atoms with E-state index < -0.39 is 0 Å². The number of H-pyrrole nitrogens is 1. The van der Waals surface area contributed by atoms with E-state index in [1.54, 1.807) is 0 Å². The molecule has 1 saturated heterocycles. The highest BCUT2D eigenvalue weighted by Crippen LogP contribution is 2.22. The second-order valence-electron chi connectivity index (χ2n) is 7.35. The third-order valence-corrected chi connectivity index (χ3v) is 5.32. The van der Waals surface area contributed by atoms with Gasteiger partial charge in [0.25, 0.3) is 5.56 Å². The van der Waals surface area contributed by atoms with Crippen LogP contribution in [-0.2, 0) is 11.2 Å². The molecule has 144 valence electrons. The summed E-state index contributed by atoms with van der Waals surface area (Å²) in [6, 6.07) is 17.6. The molecule has 1 aromatic heterocycles. The summed E-state index contributed by atoms with van der Waals surface area (Å²) in [5.41, 5.74) is 3.32. The van der Waals surface area contributed by atoms with Crippen LogP contribution in [0, 0.1) is 0 Å². The Bertz CT molecular complexity index is 1020. The van der Waals surface area contributed by atoms with E-state index in [1.807, 2.05) is 42.5 Å². The lowest BCUT2D eigenvalue weighted by atomic mass is 10.1. The lowest BCUT2D eigenvalue weighted by Gasteiger charge is -2.28. The molecule has 1 fully saturated rings. The van der Waals surface area contributed by atoms with Gasteiger partial charge in [0.15, 0.2) is 0 Å². The molecule has 0 spiro atoms. The van der Waals surface area contributed by atoms with Crippen LogP contribution < -0.4 is 15.8 Å². The largest absolute Gasteiger partial charge is 0.372 e. The normalized spacial score (nSPS) is 14.2. The van der Waals surface area contributed by atoms with E-state index in [9.17, 15) is 9.59 Å². The number of carbonyl (C=O) groups is 1. The van der Waals surface area contributed by atoms with E-state index in [1.165, 1.54) is 24.9 Å². The zero-order valence-corrected chi connectivity index (χ0v) is 15.9. The molecule has 4 rings (SSSR count). The highest BCUT2D eigenvalue weighted by atomic mass is 16.1. The van der Waals surface area contributed by atoms with E-state index in [0.29, 0.717) is 12.0 Å². The number of aryl methyl sites for hydroxylation is 1. The van der Waals surface area contributed by atoms with E-state index >= 15 is 0 Å². The van der Waals surface area contributed by atoms with Crippen LogP contribution in [0.25, 0.3) is 10.9 Å². The first-order valence-corrected chi connectivity index (χ1v) is 9.95. The zero-order valence-electron chi connectivity index (χ0n) is 15.9. The molecule has 1 aliphatic rings. The van der Waals surface area contributed by atoms with Crippen molar-refractivity contribution in [1.82, 2.24) is 4.98 Å². The minimum absolute atomic E-state index is 0.0849. The molecule has 28 heavy (non-hydrogen) atoms. The molecule has 0 bridgehead atoms. The standard InChI is InChI=1S/C23H25N3O2/c27-22(13-8-18-16-17-6-2-3-7-21(17)25-23(18)28)24-19-9-11-20(12-10-19)26-14-4-1-5-15-26/h2-3,6-7,9-12,16H,1,4-5,8,13-15H2,(H,24,27)(H,25,28). The second kappa shape index (κ2) is 8.30. The maximum Gasteiger partial charge on any atom is 0.251 e. The van der Waals surface area contributed by atoms with Gasteiger partial charge in [0, 0.05) is 42.0 Å². The monoisotopic (exact) mass is 375 g/mol. The van der Waals surface area contributed by atoms with Crippen molar-refractivity contribution in [2.75, 3.05) is 23.3 Å². The Morgan fingerprint density at radius 2 is 1.75 bits per heavy atom. The summed E-state index contributed by atoms with van der Waals surface area (Å²) in [5.74, 6) is -0.0849. The fraction of sp³-hybridized carbons (Fsp3) is 0.304. The fourth-order valence-corrected chi connectivity index (χ4v) is 3.76. The van der Waals surface area contributed by atoms with Crippen molar-refractivity contribution < 1.29 is 4.79 Å². The molecule has 2 aromatic carbocycles. The third kappa shape index (κ3) is 4.25. The Labute approximate surface area is 164 Å². The highest BCUT2D eigenvalue weighted by molar-refractivity contribution is 5.91. The molecule has 5 nitrogen and oxygen atoms in total. The Balaban J connectivity index is 1.35. The zero-order chi connectivity index (χ0) is 19.3. The first-order valence-electron chi connectivity index (χ1n) is 9.95. The highest BCUT2D eigenvalue weighted by Gasteiger charge is 2.11. The van der Waals surface area contributed by atoms with Crippen LogP contribution in [0.3, 0.4) is 0 Å². The second-order valence-corrected chi connectivity index (χ2v) is 7.35. The molecule has 3 aromatic rings. The van der Waals surface area contributed by atoms with Gasteiger partial charge in [-0.3, -0.25) is 9.59 Å². The molecular formula is C23H25N3O2. The van der Waals surface area contributed by atoms with Crippen molar-refractivity contribution in [2.45, 2.75) is 32.1 Å². The number of aromatic amines is 1. The van der Waals surface area contributed by atoms with Gasteiger partial charge in [-0.05, 0) is 67.5 Å². The van der Waals surface area contributed by atoms with Gasteiger partial charge in [-0.15, -0.1) is 0 Å². The quantitative estimate of drug-likeness (QED) is 0.706. The number of para-hydroxylation sites is 1. The molecule has 0 aliphatic carbocycles. The average Bonchev–Trinajstić information content (AvgIpc) is 2.73. The van der Waals surface area contributed by atoms with Gasteiger partial charge in [0.2, 0.25) is 5.91 Å². The first-order chi connectivity index (χ1) is 13.7.